The second kappa shape index (κ2) is 5.24. The van der Waals surface area contributed by atoms with Crippen LogP contribution < -0.4 is 5.32 Å². The van der Waals surface area contributed by atoms with Crippen molar-refractivity contribution in [2.24, 2.45) is 0 Å². The number of pyridine rings is 1. The van der Waals surface area contributed by atoms with Gasteiger partial charge >= 0.3 is 5.97 Å². The monoisotopic (exact) mass is 282 g/mol. The van der Waals surface area contributed by atoms with Crippen molar-refractivity contribution in [1.29, 1.82) is 0 Å². The van der Waals surface area contributed by atoms with Crippen molar-refractivity contribution in [3.63, 3.8) is 0 Å². The standard InChI is InChI=1S/C15H14N4O2/c1-10-7-12-16-9-17-19(12)13(8-10)18-14(15(20)21)11-5-3-2-4-6-11/h2-9,14,18H,1H3,(H,20,21). The van der Waals surface area contributed by atoms with Gasteiger partial charge in [0.1, 0.15) is 12.1 Å². The molecule has 2 N–H and O–H groups in total. The summed E-state index contributed by atoms with van der Waals surface area (Å²) < 4.78 is 1.59. The van der Waals surface area contributed by atoms with Gasteiger partial charge in [-0.3, -0.25) is 0 Å². The Labute approximate surface area is 121 Å². The molecule has 6 heteroatoms. The summed E-state index contributed by atoms with van der Waals surface area (Å²) in [5.41, 5.74) is 2.34. The van der Waals surface area contributed by atoms with Gasteiger partial charge in [0.25, 0.3) is 0 Å². The number of hydrogen-bond acceptors (Lipinski definition) is 4. The van der Waals surface area contributed by atoms with E-state index in [1.165, 1.54) is 6.33 Å². The second-order valence-corrected chi connectivity index (χ2v) is 4.77. The van der Waals surface area contributed by atoms with Crippen molar-refractivity contribution in [2.45, 2.75) is 13.0 Å². The van der Waals surface area contributed by atoms with Crippen molar-refractivity contribution in [3.05, 3.63) is 59.9 Å². The van der Waals surface area contributed by atoms with E-state index in [-0.39, 0.29) is 0 Å². The van der Waals surface area contributed by atoms with E-state index in [0.29, 0.717) is 17.0 Å². The Morgan fingerprint density at radius 3 is 2.76 bits per heavy atom. The number of nitrogens with zero attached hydrogens (tertiary/aromatic N) is 3. The minimum atomic E-state index is -0.948. The SMILES string of the molecule is Cc1cc(NC(C(=O)O)c2ccccc2)n2ncnc2c1. The van der Waals surface area contributed by atoms with Crippen LogP contribution in [0.1, 0.15) is 17.2 Å². The third-order valence-electron chi connectivity index (χ3n) is 3.20. The summed E-state index contributed by atoms with van der Waals surface area (Å²) in [6.07, 6.45) is 1.44. The number of rotatable bonds is 4. The van der Waals surface area contributed by atoms with Crippen LogP contribution in [0.25, 0.3) is 5.65 Å². The van der Waals surface area contributed by atoms with Crippen LogP contribution in [0.15, 0.2) is 48.8 Å². The molecule has 1 unspecified atom stereocenters. The third kappa shape index (κ3) is 2.55. The molecule has 3 aromatic rings. The first-order valence-electron chi connectivity index (χ1n) is 6.50. The smallest absolute Gasteiger partial charge is 0.330 e. The first-order valence-corrected chi connectivity index (χ1v) is 6.50. The molecule has 0 radical (unpaired) electrons. The van der Waals surface area contributed by atoms with Gasteiger partial charge in [-0.05, 0) is 30.2 Å². The maximum Gasteiger partial charge on any atom is 0.330 e. The largest absolute Gasteiger partial charge is 0.479 e. The van der Waals surface area contributed by atoms with Crippen molar-refractivity contribution in [1.82, 2.24) is 14.6 Å². The molecule has 0 amide bonds. The first kappa shape index (κ1) is 13.1. The van der Waals surface area contributed by atoms with Crippen LogP contribution in [0.5, 0.6) is 0 Å². The lowest BCUT2D eigenvalue weighted by molar-refractivity contribution is -0.138. The highest BCUT2D eigenvalue weighted by atomic mass is 16.4. The highest BCUT2D eigenvalue weighted by Gasteiger charge is 2.20. The Balaban J connectivity index is 2.02. The number of anilines is 1. The molecule has 0 aliphatic carbocycles. The Kier molecular flexibility index (Phi) is 3.27. The van der Waals surface area contributed by atoms with E-state index in [4.69, 9.17) is 0 Å². The molecular weight excluding hydrogens is 268 g/mol. The fourth-order valence-electron chi connectivity index (χ4n) is 2.24. The van der Waals surface area contributed by atoms with Gasteiger partial charge in [-0.1, -0.05) is 30.3 Å². The summed E-state index contributed by atoms with van der Waals surface area (Å²) in [6.45, 7) is 1.93. The molecule has 0 saturated carbocycles. The third-order valence-corrected chi connectivity index (χ3v) is 3.20. The minimum absolute atomic E-state index is 0.596. The van der Waals surface area contributed by atoms with E-state index >= 15 is 0 Å². The summed E-state index contributed by atoms with van der Waals surface area (Å²) in [7, 11) is 0. The van der Waals surface area contributed by atoms with Crippen LogP contribution in [-0.4, -0.2) is 25.7 Å². The predicted octanol–water partition coefficient (Wildman–Crippen LogP) is 2.28. The van der Waals surface area contributed by atoms with E-state index in [0.717, 1.165) is 5.56 Å². The van der Waals surface area contributed by atoms with Gasteiger partial charge in [-0.25, -0.2) is 9.78 Å². The Hall–Kier alpha value is -2.89. The minimum Gasteiger partial charge on any atom is -0.479 e. The van der Waals surface area contributed by atoms with Crippen molar-refractivity contribution < 1.29 is 9.90 Å². The highest BCUT2D eigenvalue weighted by molar-refractivity contribution is 5.79. The van der Waals surface area contributed by atoms with Gasteiger partial charge in [0.05, 0.1) is 0 Å². The molecule has 0 aliphatic rings. The average molecular weight is 282 g/mol. The van der Waals surface area contributed by atoms with E-state index in [1.54, 1.807) is 16.6 Å². The molecule has 0 bridgehead atoms. The zero-order chi connectivity index (χ0) is 14.8. The number of aromatic nitrogens is 3. The molecule has 3 rings (SSSR count). The summed E-state index contributed by atoms with van der Waals surface area (Å²) in [5, 5.41) is 16.6. The maximum atomic E-state index is 11.6. The summed E-state index contributed by atoms with van der Waals surface area (Å²) in [5.74, 6) is -0.352. The fraction of sp³-hybridized carbons (Fsp3) is 0.133. The molecular formula is C15H14N4O2. The number of hydrogen-bond donors (Lipinski definition) is 2. The number of aliphatic carboxylic acids is 1. The average Bonchev–Trinajstić information content (AvgIpc) is 2.93. The lowest BCUT2D eigenvalue weighted by atomic mass is 10.1. The predicted molar refractivity (Wildman–Crippen MR) is 78.2 cm³/mol. The summed E-state index contributed by atoms with van der Waals surface area (Å²) in [4.78, 5) is 15.7. The molecule has 2 heterocycles. The topological polar surface area (TPSA) is 79.5 Å². The molecule has 1 atom stereocenters. The van der Waals surface area contributed by atoms with Crippen LogP contribution >= 0.6 is 0 Å². The summed E-state index contributed by atoms with van der Waals surface area (Å²) >= 11 is 0. The first-order chi connectivity index (χ1) is 10.1. The van der Waals surface area contributed by atoms with Gasteiger partial charge in [0, 0.05) is 0 Å². The zero-order valence-electron chi connectivity index (χ0n) is 11.4. The van der Waals surface area contributed by atoms with Gasteiger partial charge in [-0.15, -0.1) is 0 Å². The Bertz CT molecular complexity index is 783. The normalized spacial score (nSPS) is 12.2. The van der Waals surface area contributed by atoms with Gasteiger partial charge in [0.15, 0.2) is 11.7 Å². The van der Waals surface area contributed by atoms with Crippen LogP contribution in [0.4, 0.5) is 5.82 Å². The van der Waals surface area contributed by atoms with Crippen molar-refractivity contribution in [2.75, 3.05) is 5.32 Å². The number of carboxylic acid groups (broad SMARTS) is 1. The maximum absolute atomic E-state index is 11.6. The fourth-order valence-corrected chi connectivity index (χ4v) is 2.24. The van der Waals surface area contributed by atoms with E-state index in [9.17, 15) is 9.90 Å². The molecule has 21 heavy (non-hydrogen) atoms. The zero-order valence-corrected chi connectivity index (χ0v) is 11.4. The van der Waals surface area contributed by atoms with Crippen LogP contribution in [0.2, 0.25) is 0 Å². The lowest BCUT2D eigenvalue weighted by Crippen LogP contribution is -2.22. The van der Waals surface area contributed by atoms with Gasteiger partial charge in [0.2, 0.25) is 0 Å². The Morgan fingerprint density at radius 1 is 1.29 bits per heavy atom. The number of carboxylic acids is 1. The van der Waals surface area contributed by atoms with Crippen LogP contribution in [-0.2, 0) is 4.79 Å². The van der Waals surface area contributed by atoms with E-state index < -0.39 is 12.0 Å². The highest BCUT2D eigenvalue weighted by Crippen LogP contribution is 2.21. The van der Waals surface area contributed by atoms with E-state index in [1.807, 2.05) is 37.3 Å². The second-order valence-electron chi connectivity index (χ2n) is 4.77. The molecule has 0 saturated heterocycles. The quantitative estimate of drug-likeness (QED) is 0.767. The molecule has 0 spiro atoms. The van der Waals surface area contributed by atoms with Gasteiger partial charge in [-0.2, -0.15) is 9.61 Å². The summed E-state index contributed by atoms with van der Waals surface area (Å²) in [6, 6.07) is 11.9. The molecule has 1 aromatic carbocycles. The van der Waals surface area contributed by atoms with Crippen LogP contribution in [0.3, 0.4) is 0 Å². The molecule has 0 aliphatic heterocycles. The van der Waals surface area contributed by atoms with Crippen molar-refractivity contribution in [3.8, 4) is 0 Å². The van der Waals surface area contributed by atoms with Crippen molar-refractivity contribution >= 4 is 17.4 Å². The molecule has 106 valence electrons. The number of nitrogens with one attached hydrogen (secondary N) is 1. The molecule has 6 nitrogen and oxygen atoms in total. The number of aryl methyl sites for hydroxylation is 1. The molecule has 0 fully saturated rings. The van der Waals surface area contributed by atoms with E-state index in [2.05, 4.69) is 15.4 Å². The Morgan fingerprint density at radius 2 is 2.05 bits per heavy atom. The van der Waals surface area contributed by atoms with Crippen LogP contribution in [0, 0.1) is 6.92 Å². The number of benzene rings is 1. The number of carbonyl (C=O) groups is 1. The van der Waals surface area contributed by atoms with Gasteiger partial charge < -0.3 is 10.4 Å². The molecule has 2 aromatic heterocycles. The number of fused-ring (bicyclic) bond motifs is 1. The lowest BCUT2D eigenvalue weighted by Gasteiger charge is -2.17.